The zero-order chi connectivity index (χ0) is 14.2. The second kappa shape index (κ2) is 5.00. The SMILES string of the molecule is CNC(c1ccoc1)c1c(F)c(F)c(F)c(F)c1F. The number of hydrogen-bond acceptors (Lipinski definition) is 2. The highest BCUT2D eigenvalue weighted by atomic mass is 19.2. The summed E-state index contributed by atoms with van der Waals surface area (Å²) in [6, 6.07) is 0.155. The van der Waals surface area contributed by atoms with Gasteiger partial charge in [-0.15, -0.1) is 0 Å². The summed E-state index contributed by atoms with van der Waals surface area (Å²) in [5.41, 5.74) is -0.703. The van der Waals surface area contributed by atoms with E-state index in [-0.39, 0.29) is 5.56 Å². The maximum atomic E-state index is 13.6. The molecule has 0 spiro atoms. The fraction of sp³-hybridized carbons (Fsp3) is 0.167. The maximum Gasteiger partial charge on any atom is 0.200 e. The standard InChI is InChI=1S/C12H8F5NO/c1-18-12(5-2-3-19-4-5)6-7(13)9(15)11(17)10(16)8(6)14/h2-4,12,18H,1H3. The Kier molecular flexibility index (Phi) is 3.57. The van der Waals surface area contributed by atoms with Crippen molar-refractivity contribution in [1.29, 1.82) is 0 Å². The third-order valence-electron chi connectivity index (χ3n) is 2.70. The van der Waals surface area contributed by atoms with Crippen LogP contribution in [0.2, 0.25) is 0 Å². The van der Waals surface area contributed by atoms with Gasteiger partial charge in [-0.3, -0.25) is 0 Å². The zero-order valence-corrected chi connectivity index (χ0v) is 9.61. The van der Waals surface area contributed by atoms with E-state index in [0.29, 0.717) is 0 Å². The highest BCUT2D eigenvalue weighted by Gasteiger charge is 2.30. The van der Waals surface area contributed by atoms with E-state index in [1.165, 1.54) is 19.4 Å². The molecule has 0 saturated heterocycles. The minimum Gasteiger partial charge on any atom is -0.472 e. The molecule has 102 valence electrons. The topological polar surface area (TPSA) is 25.2 Å². The van der Waals surface area contributed by atoms with E-state index >= 15 is 0 Å². The van der Waals surface area contributed by atoms with Gasteiger partial charge < -0.3 is 9.73 Å². The van der Waals surface area contributed by atoms with E-state index in [9.17, 15) is 22.0 Å². The van der Waals surface area contributed by atoms with Crippen LogP contribution in [0.5, 0.6) is 0 Å². The molecule has 2 aromatic rings. The Labute approximate surface area is 104 Å². The quantitative estimate of drug-likeness (QED) is 0.529. The molecule has 2 rings (SSSR count). The molecule has 1 aromatic heterocycles. The largest absolute Gasteiger partial charge is 0.472 e. The van der Waals surface area contributed by atoms with Crippen LogP contribution in [-0.4, -0.2) is 7.05 Å². The molecule has 0 amide bonds. The number of furan rings is 1. The van der Waals surface area contributed by atoms with Gasteiger partial charge in [0.05, 0.1) is 24.1 Å². The first-order valence-electron chi connectivity index (χ1n) is 5.19. The van der Waals surface area contributed by atoms with Crippen LogP contribution in [0.25, 0.3) is 0 Å². The molecule has 0 aliphatic rings. The molecule has 0 fully saturated rings. The number of rotatable bonds is 3. The van der Waals surface area contributed by atoms with Crippen LogP contribution in [0, 0.1) is 29.1 Å². The van der Waals surface area contributed by atoms with Gasteiger partial charge in [-0.05, 0) is 13.1 Å². The summed E-state index contributed by atoms with van der Waals surface area (Å²) in [7, 11) is 1.33. The first-order chi connectivity index (χ1) is 8.99. The van der Waals surface area contributed by atoms with Gasteiger partial charge in [-0.25, -0.2) is 22.0 Å². The average molecular weight is 277 g/mol. The molecule has 1 atom stereocenters. The Morgan fingerprint density at radius 3 is 1.89 bits per heavy atom. The highest BCUT2D eigenvalue weighted by Crippen LogP contribution is 2.31. The van der Waals surface area contributed by atoms with Crippen molar-refractivity contribution in [3.63, 3.8) is 0 Å². The molecule has 2 nitrogen and oxygen atoms in total. The molecule has 1 heterocycles. The Morgan fingerprint density at radius 1 is 0.947 bits per heavy atom. The van der Waals surface area contributed by atoms with Crippen molar-refractivity contribution in [2.24, 2.45) is 0 Å². The van der Waals surface area contributed by atoms with Crippen LogP contribution in [0.4, 0.5) is 22.0 Å². The van der Waals surface area contributed by atoms with Gasteiger partial charge in [-0.2, -0.15) is 0 Å². The lowest BCUT2D eigenvalue weighted by atomic mass is 9.99. The lowest BCUT2D eigenvalue weighted by molar-refractivity contribution is 0.363. The van der Waals surface area contributed by atoms with Crippen LogP contribution in [0.15, 0.2) is 23.0 Å². The van der Waals surface area contributed by atoms with Gasteiger partial charge >= 0.3 is 0 Å². The van der Waals surface area contributed by atoms with Crippen LogP contribution in [0.1, 0.15) is 17.2 Å². The van der Waals surface area contributed by atoms with E-state index in [2.05, 4.69) is 5.32 Å². The fourth-order valence-electron chi connectivity index (χ4n) is 1.79. The van der Waals surface area contributed by atoms with Crippen molar-refractivity contribution < 1.29 is 26.4 Å². The van der Waals surface area contributed by atoms with E-state index in [1.54, 1.807) is 0 Å². The third kappa shape index (κ3) is 2.10. The van der Waals surface area contributed by atoms with Crippen molar-refractivity contribution in [2.75, 3.05) is 7.05 Å². The van der Waals surface area contributed by atoms with Crippen molar-refractivity contribution in [3.05, 3.63) is 58.8 Å². The zero-order valence-electron chi connectivity index (χ0n) is 9.61. The van der Waals surface area contributed by atoms with Gasteiger partial charge in [0, 0.05) is 5.56 Å². The minimum atomic E-state index is -2.18. The van der Waals surface area contributed by atoms with E-state index in [1.807, 2.05) is 0 Å². The summed E-state index contributed by atoms with van der Waals surface area (Å²) < 4.78 is 71.2. The van der Waals surface area contributed by atoms with Crippen LogP contribution in [-0.2, 0) is 0 Å². The summed E-state index contributed by atoms with van der Waals surface area (Å²) in [5.74, 6) is -9.86. The summed E-state index contributed by atoms with van der Waals surface area (Å²) in [5, 5.41) is 2.48. The monoisotopic (exact) mass is 277 g/mol. The van der Waals surface area contributed by atoms with Gasteiger partial charge in [0.2, 0.25) is 5.82 Å². The number of halogens is 5. The minimum absolute atomic E-state index is 0.241. The molecule has 19 heavy (non-hydrogen) atoms. The molecule has 1 N–H and O–H groups in total. The Bertz CT molecular complexity index is 568. The van der Waals surface area contributed by atoms with Crippen LogP contribution >= 0.6 is 0 Å². The van der Waals surface area contributed by atoms with Crippen LogP contribution in [0.3, 0.4) is 0 Å². The molecule has 0 aliphatic carbocycles. The summed E-state index contributed by atoms with van der Waals surface area (Å²) in [4.78, 5) is 0. The van der Waals surface area contributed by atoms with Crippen molar-refractivity contribution in [2.45, 2.75) is 6.04 Å². The molecule has 7 heteroatoms. The summed E-state index contributed by atoms with van der Waals surface area (Å²) in [6.07, 6.45) is 2.38. The van der Waals surface area contributed by atoms with Crippen molar-refractivity contribution in [1.82, 2.24) is 5.32 Å². The maximum absolute atomic E-state index is 13.6. The van der Waals surface area contributed by atoms with Gasteiger partial charge in [0.1, 0.15) is 0 Å². The predicted octanol–water partition coefficient (Wildman–Crippen LogP) is 3.28. The number of nitrogens with one attached hydrogen (secondary N) is 1. The van der Waals surface area contributed by atoms with Gasteiger partial charge in [0.15, 0.2) is 23.3 Å². The first kappa shape index (κ1) is 13.5. The molecule has 1 aromatic carbocycles. The van der Waals surface area contributed by atoms with Crippen molar-refractivity contribution >= 4 is 0 Å². The van der Waals surface area contributed by atoms with E-state index < -0.39 is 40.7 Å². The summed E-state index contributed by atoms with van der Waals surface area (Å²) in [6.45, 7) is 0. The Morgan fingerprint density at radius 2 is 1.47 bits per heavy atom. The normalized spacial score (nSPS) is 12.7. The second-order valence-electron chi connectivity index (χ2n) is 3.76. The van der Waals surface area contributed by atoms with Gasteiger partial charge in [-0.1, -0.05) is 0 Å². The van der Waals surface area contributed by atoms with Crippen LogP contribution < -0.4 is 5.32 Å². The smallest absolute Gasteiger partial charge is 0.200 e. The lowest BCUT2D eigenvalue weighted by Gasteiger charge is -2.17. The third-order valence-corrected chi connectivity index (χ3v) is 2.70. The van der Waals surface area contributed by atoms with E-state index in [0.717, 1.165) is 6.26 Å². The molecular formula is C12H8F5NO. The highest BCUT2D eigenvalue weighted by molar-refractivity contribution is 5.33. The second-order valence-corrected chi connectivity index (χ2v) is 3.76. The molecule has 0 radical (unpaired) electrons. The number of hydrogen-bond donors (Lipinski definition) is 1. The lowest BCUT2D eigenvalue weighted by Crippen LogP contribution is -2.22. The predicted molar refractivity (Wildman–Crippen MR) is 55.8 cm³/mol. The molecule has 0 aliphatic heterocycles. The van der Waals surface area contributed by atoms with Crippen molar-refractivity contribution in [3.8, 4) is 0 Å². The van der Waals surface area contributed by atoms with E-state index in [4.69, 9.17) is 4.42 Å². The molecule has 0 saturated carbocycles. The fourth-order valence-corrected chi connectivity index (χ4v) is 1.79. The average Bonchev–Trinajstić information content (AvgIpc) is 2.93. The Balaban J connectivity index is 2.68. The first-order valence-corrected chi connectivity index (χ1v) is 5.19. The Hall–Kier alpha value is -1.89. The summed E-state index contributed by atoms with van der Waals surface area (Å²) >= 11 is 0. The molecule has 0 bridgehead atoms. The number of benzene rings is 1. The molecule has 1 unspecified atom stereocenters. The molecular weight excluding hydrogens is 269 g/mol. The van der Waals surface area contributed by atoms with Gasteiger partial charge in [0.25, 0.3) is 0 Å².